The Bertz CT molecular complexity index is 1190. The first-order valence-corrected chi connectivity index (χ1v) is 10.5. The number of benzene rings is 1. The van der Waals surface area contributed by atoms with Crippen LogP contribution in [0.1, 0.15) is 30.4 Å². The van der Waals surface area contributed by atoms with Crippen LogP contribution in [0.25, 0.3) is 16.9 Å². The van der Waals surface area contributed by atoms with Crippen molar-refractivity contribution in [1.29, 1.82) is 0 Å². The molecule has 0 bridgehead atoms. The third-order valence-corrected chi connectivity index (χ3v) is 5.64. The summed E-state index contributed by atoms with van der Waals surface area (Å²) < 4.78 is 7.91. The van der Waals surface area contributed by atoms with Crippen LogP contribution in [0.4, 0.5) is 11.6 Å². The fraction of sp³-hybridized carbons (Fsp3) is 0.304. The molecule has 0 amide bonds. The molecule has 3 heterocycles. The Morgan fingerprint density at radius 1 is 1.16 bits per heavy atom. The quantitative estimate of drug-likeness (QED) is 0.496. The lowest BCUT2D eigenvalue weighted by molar-refractivity contribution is 0.0394. The van der Waals surface area contributed by atoms with Crippen molar-refractivity contribution < 1.29 is 4.74 Å². The van der Waals surface area contributed by atoms with E-state index in [1.54, 1.807) is 17.0 Å². The summed E-state index contributed by atoms with van der Waals surface area (Å²) in [6.07, 6.45) is 8.59. The predicted octanol–water partition coefficient (Wildman–Crippen LogP) is 3.63. The summed E-state index contributed by atoms with van der Waals surface area (Å²) in [5.41, 5.74) is 10.5. The van der Waals surface area contributed by atoms with Crippen LogP contribution in [-0.4, -0.2) is 36.7 Å². The molecule has 2 atom stereocenters. The SMILES string of the molecule is Cc1cnc2c(-c3cc(N[C@H]4CCC[C@@H]4OCc4ccccc4)ncn3)c(N)nn2c1. The molecule has 0 spiro atoms. The van der Waals surface area contributed by atoms with Gasteiger partial charge in [-0.25, -0.2) is 19.5 Å². The first-order valence-electron chi connectivity index (χ1n) is 10.5. The largest absolute Gasteiger partial charge is 0.382 e. The maximum absolute atomic E-state index is 6.22. The van der Waals surface area contributed by atoms with Crippen LogP contribution >= 0.6 is 0 Å². The summed E-state index contributed by atoms with van der Waals surface area (Å²) >= 11 is 0. The minimum atomic E-state index is 0.144. The van der Waals surface area contributed by atoms with Crippen molar-refractivity contribution in [3.05, 3.63) is 66.2 Å². The number of nitrogens with zero attached hydrogens (tertiary/aromatic N) is 5. The fourth-order valence-electron chi connectivity index (χ4n) is 4.12. The molecule has 1 aromatic carbocycles. The lowest BCUT2D eigenvalue weighted by Gasteiger charge is -2.22. The Hall–Kier alpha value is -3.52. The van der Waals surface area contributed by atoms with Gasteiger partial charge in [0.1, 0.15) is 12.1 Å². The highest BCUT2D eigenvalue weighted by Gasteiger charge is 2.28. The Morgan fingerprint density at radius 2 is 2.03 bits per heavy atom. The molecule has 0 radical (unpaired) electrons. The van der Waals surface area contributed by atoms with Crippen molar-refractivity contribution in [1.82, 2.24) is 24.6 Å². The van der Waals surface area contributed by atoms with Gasteiger partial charge in [0.25, 0.3) is 0 Å². The summed E-state index contributed by atoms with van der Waals surface area (Å²) in [5.74, 6) is 1.14. The first-order chi connectivity index (χ1) is 15.2. The molecule has 1 aliphatic carbocycles. The zero-order chi connectivity index (χ0) is 21.2. The summed E-state index contributed by atoms with van der Waals surface area (Å²) in [5, 5.41) is 7.92. The van der Waals surface area contributed by atoms with E-state index >= 15 is 0 Å². The number of nitrogens with two attached hydrogens (primary N) is 1. The van der Waals surface area contributed by atoms with Crippen molar-refractivity contribution in [2.24, 2.45) is 0 Å². The van der Waals surface area contributed by atoms with Crippen LogP contribution in [0.15, 0.2) is 55.1 Å². The average Bonchev–Trinajstić information content (AvgIpc) is 3.35. The van der Waals surface area contributed by atoms with E-state index in [-0.39, 0.29) is 12.1 Å². The Balaban J connectivity index is 1.34. The van der Waals surface area contributed by atoms with Gasteiger partial charge >= 0.3 is 0 Å². The van der Waals surface area contributed by atoms with Crippen molar-refractivity contribution in [2.75, 3.05) is 11.1 Å². The van der Waals surface area contributed by atoms with E-state index in [0.717, 1.165) is 30.6 Å². The number of fused-ring (bicyclic) bond motifs is 1. The number of rotatable bonds is 6. The van der Waals surface area contributed by atoms with E-state index in [9.17, 15) is 0 Å². The number of aromatic nitrogens is 5. The highest BCUT2D eigenvalue weighted by Crippen LogP contribution is 2.30. The lowest BCUT2D eigenvalue weighted by Crippen LogP contribution is -2.31. The predicted molar refractivity (Wildman–Crippen MR) is 119 cm³/mol. The van der Waals surface area contributed by atoms with Gasteiger partial charge in [-0.3, -0.25) is 0 Å². The van der Waals surface area contributed by atoms with Crippen molar-refractivity contribution in [2.45, 2.75) is 44.9 Å². The van der Waals surface area contributed by atoms with E-state index < -0.39 is 0 Å². The topological polar surface area (TPSA) is 103 Å². The highest BCUT2D eigenvalue weighted by molar-refractivity contribution is 5.84. The fourth-order valence-corrected chi connectivity index (χ4v) is 4.12. The molecular formula is C23H25N7O. The number of hydrogen-bond donors (Lipinski definition) is 2. The van der Waals surface area contributed by atoms with Gasteiger partial charge in [0.05, 0.1) is 30.0 Å². The number of nitrogens with one attached hydrogen (secondary N) is 1. The summed E-state index contributed by atoms with van der Waals surface area (Å²) in [6.45, 7) is 2.58. The monoisotopic (exact) mass is 415 g/mol. The second kappa shape index (κ2) is 8.31. The molecule has 3 N–H and O–H groups in total. The Labute approximate surface area is 180 Å². The molecular weight excluding hydrogens is 390 g/mol. The molecule has 3 aromatic heterocycles. The smallest absolute Gasteiger partial charge is 0.166 e. The Kier molecular flexibility index (Phi) is 5.21. The molecule has 31 heavy (non-hydrogen) atoms. The van der Waals surface area contributed by atoms with Crippen LogP contribution in [-0.2, 0) is 11.3 Å². The van der Waals surface area contributed by atoms with Gasteiger partial charge in [0, 0.05) is 18.5 Å². The maximum Gasteiger partial charge on any atom is 0.166 e. The summed E-state index contributed by atoms with van der Waals surface area (Å²) in [4.78, 5) is 13.3. The normalized spacial score (nSPS) is 18.5. The molecule has 0 unspecified atom stereocenters. The number of nitrogen functional groups attached to an aromatic ring is 1. The lowest BCUT2D eigenvalue weighted by atomic mass is 10.2. The second-order valence-electron chi connectivity index (χ2n) is 7.97. The van der Waals surface area contributed by atoms with Crippen LogP contribution in [0.5, 0.6) is 0 Å². The van der Waals surface area contributed by atoms with E-state index in [0.29, 0.717) is 29.3 Å². The maximum atomic E-state index is 6.22. The summed E-state index contributed by atoms with van der Waals surface area (Å²) in [6, 6.07) is 12.4. The van der Waals surface area contributed by atoms with Crippen molar-refractivity contribution in [3.8, 4) is 11.3 Å². The third kappa shape index (κ3) is 4.06. The molecule has 0 aliphatic heterocycles. The summed E-state index contributed by atoms with van der Waals surface area (Å²) in [7, 11) is 0. The van der Waals surface area contributed by atoms with Gasteiger partial charge in [-0.15, -0.1) is 5.10 Å². The number of ether oxygens (including phenoxy) is 1. The molecule has 1 saturated carbocycles. The number of anilines is 2. The number of hydrogen-bond acceptors (Lipinski definition) is 7. The van der Waals surface area contributed by atoms with Gasteiger partial charge < -0.3 is 15.8 Å². The first kappa shape index (κ1) is 19.4. The molecule has 8 heteroatoms. The van der Waals surface area contributed by atoms with Crippen molar-refractivity contribution in [3.63, 3.8) is 0 Å². The molecule has 1 aliphatic rings. The van der Waals surface area contributed by atoms with Crippen LogP contribution < -0.4 is 11.1 Å². The molecule has 158 valence electrons. The minimum absolute atomic E-state index is 0.144. The minimum Gasteiger partial charge on any atom is -0.382 e. The van der Waals surface area contributed by atoms with Gasteiger partial charge in [-0.1, -0.05) is 30.3 Å². The van der Waals surface area contributed by atoms with Crippen LogP contribution in [0, 0.1) is 6.92 Å². The zero-order valence-corrected chi connectivity index (χ0v) is 17.4. The zero-order valence-electron chi connectivity index (χ0n) is 17.4. The van der Waals surface area contributed by atoms with E-state index in [2.05, 4.69) is 37.5 Å². The average molecular weight is 416 g/mol. The van der Waals surface area contributed by atoms with E-state index in [1.165, 1.54) is 5.56 Å². The molecule has 5 rings (SSSR count). The van der Waals surface area contributed by atoms with E-state index in [1.807, 2.05) is 37.4 Å². The van der Waals surface area contributed by atoms with E-state index in [4.69, 9.17) is 10.5 Å². The standard InChI is InChI=1S/C23H25N7O/c1-15-11-25-23-21(22(24)29-30(23)12-15)18-10-20(27-14-26-18)28-17-8-5-9-19(17)31-13-16-6-3-2-4-7-16/h2-4,6-7,10-12,14,17,19H,5,8-9,13H2,1H3,(H2,24,29)(H,26,27,28)/t17-,19-/m0/s1. The molecule has 0 saturated heterocycles. The molecule has 8 nitrogen and oxygen atoms in total. The van der Waals surface area contributed by atoms with Gasteiger partial charge in [-0.2, -0.15) is 0 Å². The highest BCUT2D eigenvalue weighted by atomic mass is 16.5. The second-order valence-corrected chi connectivity index (χ2v) is 7.97. The van der Waals surface area contributed by atoms with Crippen LogP contribution in [0.2, 0.25) is 0 Å². The van der Waals surface area contributed by atoms with Crippen molar-refractivity contribution >= 4 is 17.3 Å². The molecule has 1 fully saturated rings. The molecule has 4 aromatic rings. The van der Waals surface area contributed by atoms with Gasteiger partial charge in [0.2, 0.25) is 0 Å². The number of aryl methyl sites for hydroxylation is 1. The Morgan fingerprint density at radius 3 is 2.90 bits per heavy atom. The van der Waals surface area contributed by atoms with Crippen LogP contribution in [0.3, 0.4) is 0 Å². The van der Waals surface area contributed by atoms with Gasteiger partial charge in [-0.05, 0) is 37.3 Å². The third-order valence-electron chi connectivity index (χ3n) is 5.64. The van der Waals surface area contributed by atoms with Gasteiger partial charge in [0.15, 0.2) is 11.5 Å².